The summed E-state index contributed by atoms with van der Waals surface area (Å²) in [5.41, 5.74) is 1.18. The molecule has 0 aliphatic carbocycles. The lowest BCUT2D eigenvalue weighted by Gasteiger charge is -2.22. The maximum Gasteiger partial charge on any atom is 0.320 e. The van der Waals surface area contributed by atoms with Gasteiger partial charge in [-0.25, -0.2) is 0 Å². The number of halogens is 1. The zero-order valence-electron chi connectivity index (χ0n) is 14.7. The van der Waals surface area contributed by atoms with Crippen molar-refractivity contribution in [3.8, 4) is 0 Å². The van der Waals surface area contributed by atoms with Crippen molar-refractivity contribution < 1.29 is 19.8 Å². The fourth-order valence-corrected chi connectivity index (χ4v) is 2.68. The van der Waals surface area contributed by atoms with Gasteiger partial charge in [0.25, 0.3) is 0 Å². The molecule has 2 aromatic rings. The smallest absolute Gasteiger partial charge is 0.320 e. The summed E-state index contributed by atoms with van der Waals surface area (Å²) >= 11 is 0. The monoisotopic (exact) mass is 368 g/mol. The van der Waals surface area contributed by atoms with Crippen LogP contribution >= 0.6 is 12.4 Å². The lowest BCUT2D eigenvalue weighted by molar-refractivity contribution is -0.148. The number of aliphatic carboxylic acids is 2. The Kier molecular flexibility index (Phi) is 7.02. The Bertz CT molecular complexity index is 755. The Balaban J connectivity index is 0.00000312. The molecule has 0 saturated heterocycles. The number of carboxylic acid groups (broad SMARTS) is 2. The molecule has 0 radical (unpaired) electrons. The molecule has 1 unspecified atom stereocenters. The molecule has 138 valence electrons. The van der Waals surface area contributed by atoms with Crippen LogP contribution in [0.2, 0.25) is 0 Å². The van der Waals surface area contributed by atoms with Crippen LogP contribution in [0.25, 0.3) is 10.9 Å². The van der Waals surface area contributed by atoms with Gasteiger partial charge in [0.05, 0.1) is 5.41 Å². The molecule has 1 atom stereocenters. The van der Waals surface area contributed by atoms with Crippen LogP contribution in [0.3, 0.4) is 0 Å². The van der Waals surface area contributed by atoms with Crippen LogP contribution in [0.15, 0.2) is 30.5 Å². The quantitative estimate of drug-likeness (QED) is 0.666. The molecular formula is C18H25ClN2O4. The molecule has 1 heterocycles. The third-order valence-corrected chi connectivity index (χ3v) is 4.49. The molecule has 0 bridgehead atoms. The van der Waals surface area contributed by atoms with E-state index < -0.39 is 23.4 Å². The van der Waals surface area contributed by atoms with Gasteiger partial charge < -0.3 is 20.1 Å². The molecule has 25 heavy (non-hydrogen) atoms. The molecule has 0 amide bonds. The molecule has 3 N–H and O–H groups in total. The number of aryl methyl sites for hydroxylation is 1. The second kappa shape index (κ2) is 8.36. The highest BCUT2D eigenvalue weighted by Crippen LogP contribution is 2.24. The van der Waals surface area contributed by atoms with Crippen LogP contribution in [-0.4, -0.2) is 32.8 Å². The van der Waals surface area contributed by atoms with Crippen LogP contribution in [0.1, 0.15) is 32.3 Å². The van der Waals surface area contributed by atoms with Crippen molar-refractivity contribution >= 4 is 35.2 Å². The maximum atomic E-state index is 11.5. The van der Waals surface area contributed by atoms with E-state index >= 15 is 0 Å². The summed E-state index contributed by atoms with van der Waals surface area (Å²) in [5.74, 6) is -1.88. The number of carboxylic acids is 2. The molecule has 1 aromatic carbocycles. The second-order valence-electron chi connectivity index (χ2n) is 6.78. The van der Waals surface area contributed by atoms with Crippen molar-refractivity contribution in [2.75, 3.05) is 0 Å². The van der Waals surface area contributed by atoms with Crippen molar-refractivity contribution in [3.63, 3.8) is 0 Å². The van der Waals surface area contributed by atoms with Crippen LogP contribution in [0.4, 0.5) is 0 Å². The zero-order valence-corrected chi connectivity index (χ0v) is 15.5. The number of hydrogen-bond acceptors (Lipinski definition) is 3. The largest absolute Gasteiger partial charge is 0.481 e. The Morgan fingerprint density at radius 1 is 1.24 bits per heavy atom. The van der Waals surface area contributed by atoms with Crippen molar-refractivity contribution in [1.29, 1.82) is 0 Å². The third-order valence-electron chi connectivity index (χ3n) is 4.49. The number of rotatable bonds is 8. The number of hydrogen-bond donors (Lipinski definition) is 3. The number of carbonyl (C=O) groups is 2. The van der Waals surface area contributed by atoms with Gasteiger partial charge in [0.15, 0.2) is 0 Å². The van der Waals surface area contributed by atoms with E-state index in [9.17, 15) is 14.7 Å². The highest BCUT2D eigenvalue weighted by atomic mass is 35.5. The van der Waals surface area contributed by atoms with E-state index in [0.29, 0.717) is 13.0 Å². The summed E-state index contributed by atoms with van der Waals surface area (Å²) in [4.78, 5) is 22.6. The number of benzene rings is 1. The number of fused-ring (bicyclic) bond motifs is 1. The summed E-state index contributed by atoms with van der Waals surface area (Å²) < 4.78 is 2.02. The first kappa shape index (κ1) is 21.0. The first-order chi connectivity index (χ1) is 11.2. The van der Waals surface area contributed by atoms with Gasteiger partial charge in [-0.15, -0.1) is 12.4 Å². The van der Waals surface area contributed by atoms with Crippen LogP contribution in [-0.2, 0) is 23.2 Å². The van der Waals surface area contributed by atoms with Crippen LogP contribution < -0.4 is 5.32 Å². The van der Waals surface area contributed by atoms with Gasteiger partial charge in [-0.1, -0.05) is 12.1 Å². The number of nitrogens with one attached hydrogen (secondary N) is 1. The lowest BCUT2D eigenvalue weighted by Crippen LogP contribution is -2.38. The molecule has 1 aromatic heterocycles. The molecule has 0 spiro atoms. The van der Waals surface area contributed by atoms with Crippen LogP contribution in [0, 0.1) is 5.41 Å². The minimum Gasteiger partial charge on any atom is -0.481 e. The molecule has 0 aliphatic rings. The molecule has 0 saturated carbocycles. The molecule has 2 rings (SSSR count). The van der Waals surface area contributed by atoms with Crippen molar-refractivity contribution in [1.82, 2.24) is 9.88 Å². The van der Waals surface area contributed by atoms with Gasteiger partial charge in [-0.05, 0) is 44.4 Å². The normalized spacial score (nSPS) is 12.6. The highest BCUT2D eigenvalue weighted by Gasteiger charge is 2.29. The standard InChI is InChI=1S/C18H24N2O4.ClH/c1-18(2,17(23)24)9-7-14(16(21)22)19-11-12-5-4-6-15-13(12)8-10-20(15)3;/h4-6,8,10,14,19H,7,9,11H2,1-3H3,(H,21,22)(H,23,24);1H. The fourth-order valence-electron chi connectivity index (χ4n) is 2.68. The van der Waals surface area contributed by atoms with Crippen molar-refractivity contribution in [2.45, 2.75) is 39.3 Å². The van der Waals surface area contributed by atoms with E-state index in [-0.39, 0.29) is 18.8 Å². The predicted molar refractivity (Wildman–Crippen MR) is 99.1 cm³/mol. The lowest BCUT2D eigenvalue weighted by atomic mass is 9.86. The summed E-state index contributed by atoms with van der Waals surface area (Å²) in [6.07, 6.45) is 2.53. The van der Waals surface area contributed by atoms with E-state index in [1.54, 1.807) is 13.8 Å². The summed E-state index contributed by atoms with van der Waals surface area (Å²) in [5, 5.41) is 22.7. The number of nitrogens with zero attached hydrogens (tertiary/aromatic N) is 1. The Labute approximate surface area is 153 Å². The first-order valence-electron chi connectivity index (χ1n) is 7.95. The minimum absolute atomic E-state index is 0. The van der Waals surface area contributed by atoms with E-state index in [2.05, 4.69) is 5.32 Å². The fraction of sp³-hybridized carbons (Fsp3) is 0.444. The predicted octanol–water partition coefficient (Wildman–Crippen LogP) is 3.03. The maximum absolute atomic E-state index is 11.5. The van der Waals surface area contributed by atoms with E-state index in [0.717, 1.165) is 16.5 Å². The summed E-state index contributed by atoms with van der Waals surface area (Å²) in [6, 6.07) is 7.17. The van der Waals surface area contributed by atoms with Gasteiger partial charge in [-0.2, -0.15) is 0 Å². The molecule has 0 fully saturated rings. The van der Waals surface area contributed by atoms with Gasteiger partial charge in [-0.3, -0.25) is 9.59 Å². The van der Waals surface area contributed by atoms with Gasteiger partial charge >= 0.3 is 11.9 Å². The molecule has 6 nitrogen and oxygen atoms in total. The third kappa shape index (κ3) is 4.96. The average molecular weight is 369 g/mol. The van der Waals surface area contributed by atoms with Gasteiger partial charge in [0.1, 0.15) is 6.04 Å². The summed E-state index contributed by atoms with van der Waals surface area (Å²) in [6.45, 7) is 3.64. The van der Waals surface area contributed by atoms with Crippen LogP contribution in [0.5, 0.6) is 0 Å². The summed E-state index contributed by atoms with van der Waals surface area (Å²) in [7, 11) is 1.97. The minimum atomic E-state index is -0.962. The van der Waals surface area contributed by atoms with Crippen molar-refractivity contribution in [3.05, 3.63) is 36.0 Å². The Morgan fingerprint density at radius 3 is 2.52 bits per heavy atom. The SMILES string of the molecule is Cl.Cn1ccc2c(CNC(CCC(C)(C)C(=O)O)C(=O)O)cccc21. The molecule has 0 aliphatic heterocycles. The average Bonchev–Trinajstić information content (AvgIpc) is 2.89. The van der Waals surface area contributed by atoms with E-state index in [1.807, 2.05) is 42.1 Å². The van der Waals surface area contributed by atoms with Crippen molar-refractivity contribution in [2.24, 2.45) is 12.5 Å². The second-order valence-corrected chi connectivity index (χ2v) is 6.78. The molecular weight excluding hydrogens is 344 g/mol. The first-order valence-corrected chi connectivity index (χ1v) is 7.95. The zero-order chi connectivity index (χ0) is 17.9. The highest BCUT2D eigenvalue weighted by molar-refractivity contribution is 5.85. The Morgan fingerprint density at radius 2 is 1.92 bits per heavy atom. The number of aromatic nitrogens is 1. The van der Waals surface area contributed by atoms with E-state index in [4.69, 9.17) is 5.11 Å². The van der Waals surface area contributed by atoms with Gasteiger partial charge in [0.2, 0.25) is 0 Å². The topological polar surface area (TPSA) is 91.6 Å². The van der Waals surface area contributed by atoms with Gasteiger partial charge in [0, 0.05) is 30.7 Å². The van der Waals surface area contributed by atoms with E-state index in [1.165, 1.54) is 0 Å². The Hall–Kier alpha value is -2.05. The molecule has 7 heteroatoms.